The van der Waals surface area contributed by atoms with Gasteiger partial charge in [0, 0.05) is 22.0 Å². The highest BCUT2D eigenvalue weighted by molar-refractivity contribution is 9.10. The van der Waals surface area contributed by atoms with Crippen molar-refractivity contribution >= 4 is 39.5 Å². The zero-order chi connectivity index (χ0) is 21.4. The molecule has 156 valence electrons. The number of amides is 2. The Hall–Kier alpha value is -1.79. The normalized spacial score (nSPS) is 12.9. The monoisotopic (exact) mass is 476 g/mol. The van der Waals surface area contributed by atoms with Crippen LogP contribution in [0.2, 0.25) is 0 Å². The van der Waals surface area contributed by atoms with E-state index in [-0.39, 0.29) is 17.9 Å². The van der Waals surface area contributed by atoms with E-state index in [1.807, 2.05) is 69.3 Å². The molecule has 0 aliphatic heterocycles. The van der Waals surface area contributed by atoms with Crippen molar-refractivity contribution in [3.8, 4) is 0 Å². The molecule has 0 spiro atoms. The lowest BCUT2D eigenvalue weighted by atomic mass is 10.1. The molecule has 0 saturated carbocycles. The van der Waals surface area contributed by atoms with Gasteiger partial charge in [0.2, 0.25) is 11.8 Å². The van der Waals surface area contributed by atoms with Gasteiger partial charge < -0.3 is 10.2 Å². The van der Waals surface area contributed by atoms with Crippen molar-refractivity contribution < 1.29 is 9.59 Å². The van der Waals surface area contributed by atoms with Crippen molar-refractivity contribution in [3.63, 3.8) is 0 Å². The molecule has 0 heterocycles. The molecule has 0 unspecified atom stereocenters. The first-order valence-electron chi connectivity index (χ1n) is 9.84. The minimum atomic E-state index is -0.543. The highest BCUT2D eigenvalue weighted by atomic mass is 79.9. The van der Waals surface area contributed by atoms with Crippen LogP contribution < -0.4 is 5.32 Å². The van der Waals surface area contributed by atoms with E-state index in [4.69, 9.17) is 0 Å². The minimum Gasteiger partial charge on any atom is -0.352 e. The zero-order valence-corrected chi connectivity index (χ0v) is 19.8. The number of nitrogens with zero attached hydrogens (tertiary/aromatic N) is 1. The SMILES string of the molecule is CC[C@H](C)NC(=O)[C@@H](C)N(Cc1ccc(Br)cc1)C(=O)CSc1ccc(C)cc1. The lowest BCUT2D eigenvalue weighted by molar-refractivity contribution is -0.138. The molecule has 0 saturated heterocycles. The van der Waals surface area contributed by atoms with E-state index in [2.05, 4.69) is 21.2 Å². The molecular weight excluding hydrogens is 448 g/mol. The molecule has 4 nitrogen and oxygen atoms in total. The lowest BCUT2D eigenvalue weighted by Gasteiger charge is -2.29. The zero-order valence-electron chi connectivity index (χ0n) is 17.4. The Balaban J connectivity index is 2.13. The van der Waals surface area contributed by atoms with E-state index in [0.717, 1.165) is 21.4 Å². The maximum Gasteiger partial charge on any atom is 0.242 e. The Kier molecular flexibility index (Phi) is 9.24. The van der Waals surface area contributed by atoms with Gasteiger partial charge in [-0.15, -0.1) is 11.8 Å². The molecule has 0 bridgehead atoms. The summed E-state index contributed by atoms with van der Waals surface area (Å²) in [5, 5.41) is 2.99. The molecule has 2 aromatic rings. The number of benzene rings is 2. The second kappa shape index (κ2) is 11.4. The van der Waals surface area contributed by atoms with Crippen LogP contribution in [0, 0.1) is 6.92 Å². The summed E-state index contributed by atoms with van der Waals surface area (Å²) in [6, 6.07) is 15.5. The number of aryl methyl sites for hydroxylation is 1. The Labute approximate surface area is 186 Å². The van der Waals surface area contributed by atoms with Gasteiger partial charge >= 0.3 is 0 Å². The summed E-state index contributed by atoms with van der Waals surface area (Å²) in [5.74, 6) is 0.121. The van der Waals surface area contributed by atoms with Gasteiger partial charge in [-0.25, -0.2) is 0 Å². The van der Waals surface area contributed by atoms with Gasteiger partial charge in [0.25, 0.3) is 0 Å². The Morgan fingerprint density at radius 1 is 1.07 bits per heavy atom. The molecule has 2 amide bonds. The van der Waals surface area contributed by atoms with Gasteiger partial charge in [-0.1, -0.05) is 52.7 Å². The number of nitrogens with one attached hydrogen (secondary N) is 1. The van der Waals surface area contributed by atoms with Crippen LogP contribution in [0.25, 0.3) is 0 Å². The number of thioether (sulfide) groups is 1. The summed E-state index contributed by atoms with van der Waals surface area (Å²) in [6.07, 6.45) is 0.850. The molecule has 2 aromatic carbocycles. The topological polar surface area (TPSA) is 49.4 Å². The van der Waals surface area contributed by atoms with Crippen molar-refractivity contribution in [1.82, 2.24) is 10.2 Å². The quantitative estimate of drug-likeness (QED) is 0.507. The van der Waals surface area contributed by atoms with Crippen LogP contribution in [0.15, 0.2) is 57.9 Å². The molecule has 0 radical (unpaired) electrons. The number of halogens is 1. The van der Waals surface area contributed by atoms with E-state index >= 15 is 0 Å². The number of carbonyl (C=O) groups excluding carboxylic acids is 2. The van der Waals surface area contributed by atoms with Gasteiger partial charge in [-0.3, -0.25) is 9.59 Å². The summed E-state index contributed by atoms with van der Waals surface area (Å²) in [7, 11) is 0. The second-order valence-electron chi connectivity index (χ2n) is 7.24. The Morgan fingerprint density at radius 2 is 1.69 bits per heavy atom. The molecule has 1 N–H and O–H groups in total. The van der Waals surface area contributed by atoms with E-state index < -0.39 is 6.04 Å². The van der Waals surface area contributed by atoms with Gasteiger partial charge in [-0.05, 0) is 57.0 Å². The predicted octanol–water partition coefficient (Wildman–Crippen LogP) is 5.18. The summed E-state index contributed by atoms with van der Waals surface area (Å²) in [6.45, 7) is 8.23. The maximum absolute atomic E-state index is 13.1. The van der Waals surface area contributed by atoms with Gasteiger partial charge in [-0.2, -0.15) is 0 Å². The summed E-state index contributed by atoms with van der Waals surface area (Å²) < 4.78 is 0.983. The number of hydrogen-bond donors (Lipinski definition) is 1. The van der Waals surface area contributed by atoms with Crippen molar-refractivity contribution in [1.29, 1.82) is 0 Å². The first-order chi connectivity index (χ1) is 13.8. The highest BCUT2D eigenvalue weighted by Crippen LogP contribution is 2.21. The fraction of sp³-hybridized carbons (Fsp3) is 0.391. The molecule has 0 aromatic heterocycles. The lowest BCUT2D eigenvalue weighted by Crippen LogP contribution is -2.50. The molecule has 0 aliphatic carbocycles. The fourth-order valence-electron chi connectivity index (χ4n) is 2.70. The van der Waals surface area contributed by atoms with Crippen molar-refractivity contribution in [3.05, 3.63) is 64.1 Å². The van der Waals surface area contributed by atoms with Crippen LogP contribution in [0.4, 0.5) is 0 Å². The molecule has 2 rings (SSSR count). The van der Waals surface area contributed by atoms with Crippen molar-refractivity contribution in [2.24, 2.45) is 0 Å². The third kappa shape index (κ3) is 7.52. The molecule has 0 aliphatic rings. The third-order valence-electron chi connectivity index (χ3n) is 4.82. The van der Waals surface area contributed by atoms with Crippen LogP contribution in [0.1, 0.15) is 38.3 Å². The van der Waals surface area contributed by atoms with Gasteiger partial charge in [0.05, 0.1) is 5.75 Å². The average molecular weight is 477 g/mol. The maximum atomic E-state index is 13.1. The van der Waals surface area contributed by atoms with E-state index in [1.165, 1.54) is 17.3 Å². The Morgan fingerprint density at radius 3 is 2.28 bits per heavy atom. The summed E-state index contributed by atoms with van der Waals surface area (Å²) in [4.78, 5) is 28.5. The highest BCUT2D eigenvalue weighted by Gasteiger charge is 2.26. The van der Waals surface area contributed by atoms with Gasteiger partial charge in [0.15, 0.2) is 0 Å². The standard InChI is InChI=1S/C23H29BrN2O2S/c1-5-17(3)25-23(28)18(4)26(14-19-8-10-20(24)11-9-19)22(27)15-29-21-12-6-16(2)7-13-21/h6-13,17-18H,5,14-15H2,1-4H3,(H,25,28)/t17-,18+/m0/s1. The number of hydrogen-bond acceptors (Lipinski definition) is 3. The molecule has 6 heteroatoms. The van der Waals surface area contributed by atoms with Crippen LogP contribution in [-0.4, -0.2) is 34.6 Å². The van der Waals surface area contributed by atoms with E-state index in [0.29, 0.717) is 12.3 Å². The largest absolute Gasteiger partial charge is 0.352 e. The van der Waals surface area contributed by atoms with Crippen LogP contribution >= 0.6 is 27.7 Å². The minimum absolute atomic E-state index is 0.0507. The van der Waals surface area contributed by atoms with Crippen LogP contribution in [0.3, 0.4) is 0 Å². The average Bonchev–Trinajstić information content (AvgIpc) is 2.72. The van der Waals surface area contributed by atoms with Crippen molar-refractivity contribution in [2.75, 3.05) is 5.75 Å². The van der Waals surface area contributed by atoms with E-state index in [9.17, 15) is 9.59 Å². The molecule has 2 atom stereocenters. The Bertz CT molecular complexity index is 809. The summed E-state index contributed by atoms with van der Waals surface area (Å²) >= 11 is 4.93. The van der Waals surface area contributed by atoms with Crippen molar-refractivity contribution in [2.45, 2.75) is 57.6 Å². The smallest absolute Gasteiger partial charge is 0.242 e. The first kappa shape index (κ1) is 23.5. The first-order valence-corrected chi connectivity index (χ1v) is 11.6. The van der Waals surface area contributed by atoms with Gasteiger partial charge in [0.1, 0.15) is 6.04 Å². The predicted molar refractivity (Wildman–Crippen MR) is 124 cm³/mol. The molecule has 0 fully saturated rings. The van der Waals surface area contributed by atoms with Crippen LogP contribution in [-0.2, 0) is 16.1 Å². The second-order valence-corrected chi connectivity index (χ2v) is 9.21. The third-order valence-corrected chi connectivity index (χ3v) is 6.34. The van der Waals surface area contributed by atoms with Crippen LogP contribution in [0.5, 0.6) is 0 Å². The summed E-state index contributed by atoms with van der Waals surface area (Å²) in [5.41, 5.74) is 2.18. The van der Waals surface area contributed by atoms with E-state index in [1.54, 1.807) is 11.8 Å². The number of carbonyl (C=O) groups is 2. The molecule has 29 heavy (non-hydrogen) atoms. The molecular formula is C23H29BrN2O2S. The fourth-order valence-corrected chi connectivity index (χ4v) is 3.75. The number of rotatable bonds is 9.